The van der Waals surface area contributed by atoms with Crippen LogP contribution in [0.1, 0.15) is 0 Å². The third-order valence-corrected chi connectivity index (χ3v) is 9.19. The summed E-state index contributed by atoms with van der Waals surface area (Å²) < 4.78 is 69.5. The molecule has 210 valence electrons. The first-order valence-corrected chi connectivity index (χ1v) is 14.6. The van der Waals surface area contributed by atoms with Crippen LogP contribution in [0.25, 0.3) is 0 Å². The summed E-state index contributed by atoms with van der Waals surface area (Å²) >= 11 is 0. The van der Waals surface area contributed by atoms with E-state index in [9.17, 15) is 21.6 Å². The second-order valence-electron chi connectivity index (χ2n) is 8.32. The van der Waals surface area contributed by atoms with E-state index in [1.165, 1.54) is 76.8 Å². The van der Waals surface area contributed by atoms with Crippen LogP contribution in [0.5, 0.6) is 17.2 Å². The molecule has 0 heterocycles. The maximum Gasteiger partial charge on any atom is 0.264 e. The highest BCUT2D eigenvalue weighted by Crippen LogP contribution is 2.33. The van der Waals surface area contributed by atoms with Crippen molar-refractivity contribution in [2.45, 2.75) is 9.79 Å². The average molecular weight is 578 g/mol. The number of carbonyl (C=O) groups is 1. The zero-order valence-electron chi connectivity index (χ0n) is 22.0. The van der Waals surface area contributed by atoms with Crippen molar-refractivity contribution in [3.05, 3.63) is 72.8 Å². The first kappa shape index (κ1) is 29.7. The Labute approximate surface area is 229 Å². The molecule has 1 N–H and O–H groups in total. The summed E-state index contributed by atoms with van der Waals surface area (Å²) in [5, 5.41) is 2.65. The van der Waals surface area contributed by atoms with E-state index < -0.39 is 32.5 Å². The van der Waals surface area contributed by atoms with Crippen LogP contribution in [0.4, 0.5) is 5.69 Å². The highest BCUT2D eigenvalue weighted by Gasteiger charge is 2.28. The number of hydrogen-bond acceptors (Lipinski definition) is 8. The molecular weight excluding hydrogens is 546 g/mol. The molecule has 0 aliphatic heterocycles. The van der Waals surface area contributed by atoms with Gasteiger partial charge in [0.15, 0.2) is 11.5 Å². The lowest BCUT2D eigenvalue weighted by Gasteiger charge is -2.25. The molecule has 13 heteroatoms. The standard InChI is InChI=1S/C26H31N3O8S2/c1-28(2)38(31,32)23-13-11-21(12-14-23)37-17-16-27-26(30)19-29(39(33,34)22-8-6-5-7-9-22)20-10-15-24(35-3)25(18-20)36-4/h5-15,18H,16-17,19H2,1-4H3,(H,27,30). The van der Waals surface area contributed by atoms with Crippen LogP contribution in [-0.4, -0.2) is 75.1 Å². The summed E-state index contributed by atoms with van der Waals surface area (Å²) in [6.45, 7) is -0.334. The fourth-order valence-electron chi connectivity index (χ4n) is 3.48. The molecule has 0 radical (unpaired) electrons. The minimum absolute atomic E-state index is 0.0237. The molecule has 0 aliphatic rings. The molecule has 0 atom stereocenters. The molecule has 0 unspecified atom stereocenters. The smallest absolute Gasteiger partial charge is 0.264 e. The van der Waals surface area contributed by atoms with Crippen molar-refractivity contribution >= 4 is 31.6 Å². The lowest BCUT2D eigenvalue weighted by atomic mass is 10.2. The maximum absolute atomic E-state index is 13.5. The summed E-state index contributed by atoms with van der Waals surface area (Å²) in [6, 6.07) is 18.2. The Hall–Kier alpha value is -3.81. The monoisotopic (exact) mass is 577 g/mol. The number of rotatable bonds is 13. The van der Waals surface area contributed by atoms with Gasteiger partial charge in [-0.25, -0.2) is 21.1 Å². The van der Waals surface area contributed by atoms with E-state index in [1.807, 2.05) is 0 Å². The largest absolute Gasteiger partial charge is 0.493 e. The molecule has 0 saturated carbocycles. The normalized spacial score (nSPS) is 11.6. The van der Waals surface area contributed by atoms with Gasteiger partial charge in [0.2, 0.25) is 15.9 Å². The van der Waals surface area contributed by atoms with Gasteiger partial charge in [-0.1, -0.05) is 18.2 Å². The van der Waals surface area contributed by atoms with Gasteiger partial charge in [-0.15, -0.1) is 0 Å². The van der Waals surface area contributed by atoms with Gasteiger partial charge in [-0.2, -0.15) is 0 Å². The van der Waals surface area contributed by atoms with Crippen LogP contribution in [0.15, 0.2) is 82.6 Å². The van der Waals surface area contributed by atoms with E-state index >= 15 is 0 Å². The van der Waals surface area contributed by atoms with Crippen LogP contribution in [-0.2, 0) is 24.8 Å². The molecule has 3 rings (SSSR count). The van der Waals surface area contributed by atoms with Crippen molar-refractivity contribution in [1.82, 2.24) is 9.62 Å². The average Bonchev–Trinajstić information content (AvgIpc) is 2.94. The third-order valence-electron chi connectivity index (χ3n) is 5.57. The summed E-state index contributed by atoms with van der Waals surface area (Å²) in [5.74, 6) is 0.578. The zero-order valence-corrected chi connectivity index (χ0v) is 23.7. The number of nitrogens with one attached hydrogen (secondary N) is 1. The maximum atomic E-state index is 13.5. The van der Waals surface area contributed by atoms with Crippen molar-refractivity contribution in [1.29, 1.82) is 0 Å². The molecular formula is C26H31N3O8S2. The first-order chi connectivity index (χ1) is 18.5. The second kappa shape index (κ2) is 12.8. The number of amides is 1. The predicted molar refractivity (Wildman–Crippen MR) is 146 cm³/mol. The van der Waals surface area contributed by atoms with Gasteiger partial charge in [0.05, 0.1) is 36.2 Å². The summed E-state index contributed by atoms with van der Waals surface area (Å²) in [5.41, 5.74) is 0.218. The number of anilines is 1. The number of sulfonamides is 2. The van der Waals surface area contributed by atoms with Gasteiger partial charge < -0.3 is 19.5 Å². The van der Waals surface area contributed by atoms with Gasteiger partial charge in [0.25, 0.3) is 10.0 Å². The highest BCUT2D eigenvalue weighted by molar-refractivity contribution is 7.92. The Kier molecular flexibility index (Phi) is 9.78. The van der Waals surface area contributed by atoms with Crippen LogP contribution in [0.2, 0.25) is 0 Å². The van der Waals surface area contributed by atoms with Gasteiger partial charge in [-0.3, -0.25) is 9.10 Å². The van der Waals surface area contributed by atoms with Crippen LogP contribution in [0.3, 0.4) is 0 Å². The van der Waals surface area contributed by atoms with Gasteiger partial charge >= 0.3 is 0 Å². The minimum Gasteiger partial charge on any atom is -0.493 e. The van der Waals surface area contributed by atoms with E-state index in [4.69, 9.17) is 14.2 Å². The first-order valence-electron chi connectivity index (χ1n) is 11.7. The second-order valence-corrected chi connectivity index (χ2v) is 12.3. The van der Waals surface area contributed by atoms with Gasteiger partial charge in [0.1, 0.15) is 18.9 Å². The number of nitrogens with zero attached hydrogens (tertiary/aromatic N) is 2. The Balaban J connectivity index is 1.69. The fraction of sp³-hybridized carbons (Fsp3) is 0.269. The molecule has 0 saturated heterocycles. The SMILES string of the molecule is COc1ccc(N(CC(=O)NCCOc2ccc(S(=O)(=O)N(C)C)cc2)S(=O)(=O)c2ccccc2)cc1OC. The van der Waals surface area contributed by atoms with E-state index in [0.717, 1.165) is 8.61 Å². The number of carbonyl (C=O) groups excluding carboxylic acids is 1. The Morgan fingerprint density at radius 2 is 1.41 bits per heavy atom. The lowest BCUT2D eigenvalue weighted by Crippen LogP contribution is -2.41. The van der Waals surface area contributed by atoms with Crippen LogP contribution < -0.4 is 23.8 Å². The van der Waals surface area contributed by atoms with E-state index in [-0.39, 0.29) is 28.6 Å². The molecule has 0 aliphatic carbocycles. The predicted octanol–water partition coefficient (Wildman–Crippen LogP) is 2.34. The topological polar surface area (TPSA) is 132 Å². The molecule has 39 heavy (non-hydrogen) atoms. The quantitative estimate of drug-likeness (QED) is 0.306. The molecule has 0 spiro atoms. The minimum atomic E-state index is -4.10. The number of ether oxygens (including phenoxy) is 3. The Bertz CT molecular complexity index is 1480. The molecule has 1 amide bonds. The summed E-state index contributed by atoms with van der Waals surface area (Å²) in [7, 11) is -1.87. The van der Waals surface area contributed by atoms with Crippen LogP contribution >= 0.6 is 0 Å². The number of hydrogen-bond donors (Lipinski definition) is 1. The fourth-order valence-corrected chi connectivity index (χ4v) is 5.81. The lowest BCUT2D eigenvalue weighted by molar-refractivity contribution is -0.119. The van der Waals surface area contributed by atoms with Gasteiger partial charge in [-0.05, 0) is 48.5 Å². The van der Waals surface area contributed by atoms with E-state index in [0.29, 0.717) is 17.2 Å². The summed E-state index contributed by atoms with van der Waals surface area (Å²) in [6.07, 6.45) is 0. The third kappa shape index (κ3) is 7.19. The number of benzene rings is 3. The van der Waals surface area contributed by atoms with Crippen LogP contribution in [0, 0.1) is 0 Å². The highest BCUT2D eigenvalue weighted by atomic mass is 32.2. The molecule has 3 aromatic rings. The van der Waals surface area contributed by atoms with E-state index in [1.54, 1.807) is 24.3 Å². The van der Waals surface area contributed by atoms with Crippen molar-refractivity contribution in [2.24, 2.45) is 0 Å². The zero-order chi connectivity index (χ0) is 28.6. The molecule has 11 nitrogen and oxygen atoms in total. The van der Waals surface area contributed by atoms with E-state index in [2.05, 4.69) is 5.32 Å². The van der Waals surface area contributed by atoms with Crippen molar-refractivity contribution < 1.29 is 35.8 Å². The Morgan fingerprint density at radius 3 is 2.00 bits per heavy atom. The molecule has 0 aromatic heterocycles. The molecule has 0 fully saturated rings. The van der Waals surface area contributed by atoms with Gasteiger partial charge in [0, 0.05) is 20.2 Å². The number of methoxy groups -OCH3 is 2. The molecule has 0 bridgehead atoms. The van der Waals surface area contributed by atoms with Crippen molar-refractivity contribution in [3.63, 3.8) is 0 Å². The Morgan fingerprint density at radius 1 is 0.795 bits per heavy atom. The molecule has 3 aromatic carbocycles. The summed E-state index contributed by atoms with van der Waals surface area (Å²) in [4.78, 5) is 13.0. The van der Waals surface area contributed by atoms with Crippen molar-refractivity contribution in [3.8, 4) is 17.2 Å². The van der Waals surface area contributed by atoms with Crippen molar-refractivity contribution in [2.75, 3.05) is 52.3 Å².